The minimum absolute atomic E-state index is 2.66. The van der Waals surface area contributed by atoms with Crippen molar-refractivity contribution in [1.29, 1.82) is 0 Å². The monoisotopic (exact) mass is 162 g/mol. The first-order chi connectivity index (χ1) is 2.64. The van der Waals surface area contributed by atoms with Crippen LogP contribution in [0.25, 0.3) is 0 Å². The van der Waals surface area contributed by atoms with Crippen LogP contribution in [-0.2, 0) is 0 Å². The molecule has 0 bridgehead atoms. The van der Waals surface area contributed by atoms with Crippen molar-refractivity contribution < 1.29 is 15.8 Å². The van der Waals surface area contributed by atoms with Gasteiger partial charge in [0.25, 0.3) is 0 Å². The van der Waals surface area contributed by atoms with Gasteiger partial charge in [0.05, 0.1) is 0 Å². The average Bonchev–Trinajstić information content (AvgIpc) is 1.36. The molecule has 0 rings (SSSR count). The van der Waals surface area contributed by atoms with Gasteiger partial charge in [0.1, 0.15) is 0 Å². The predicted molar refractivity (Wildman–Crippen MR) is 15.2 cm³/mol. The summed E-state index contributed by atoms with van der Waals surface area (Å²) in [5, 5.41) is 0. The van der Waals surface area contributed by atoms with Crippen LogP contribution >= 0.6 is 0 Å². The first-order valence-electron chi connectivity index (χ1n) is 1.01. The molecule has 0 N–H and O–H groups in total. The van der Waals surface area contributed by atoms with Crippen LogP contribution in [-0.4, -0.2) is 19.7 Å². The van der Waals surface area contributed by atoms with E-state index in [1.54, 1.807) is 0 Å². The molecule has 0 aromatic heterocycles. The Morgan fingerprint density at radius 2 is 1.33 bits per heavy atom. The Morgan fingerprint density at radius 1 is 1.17 bits per heavy atom. The SMILES string of the molecule is F[C](F)=[Ge]([F])[F]. The van der Waals surface area contributed by atoms with E-state index in [9.17, 15) is 15.8 Å². The van der Waals surface area contributed by atoms with E-state index in [-0.39, 0.29) is 0 Å². The Kier molecular flexibility index (Phi) is 2.38. The van der Waals surface area contributed by atoms with E-state index in [0.717, 1.165) is 0 Å². The predicted octanol–water partition coefficient (Wildman–Crippen LogP) is 1.02. The Balaban J connectivity index is 3.68. The van der Waals surface area contributed by atoms with Crippen LogP contribution in [0.15, 0.2) is 0 Å². The number of halogens is 4. The zero-order valence-corrected chi connectivity index (χ0v) is 4.61. The van der Waals surface area contributed by atoms with Crippen LogP contribution in [0.5, 0.6) is 0 Å². The molecular weight excluding hydrogens is 161 g/mol. The van der Waals surface area contributed by atoms with Gasteiger partial charge in [-0.2, -0.15) is 0 Å². The second-order valence-electron chi connectivity index (χ2n) is 0.521. The molecule has 0 saturated carbocycles. The van der Waals surface area contributed by atoms with Crippen LogP contribution in [0.3, 0.4) is 0 Å². The van der Waals surface area contributed by atoms with Crippen molar-refractivity contribution in [2.45, 2.75) is 0 Å². The van der Waals surface area contributed by atoms with E-state index in [4.69, 9.17) is 0 Å². The van der Waals surface area contributed by atoms with Gasteiger partial charge in [0.15, 0.2) is 0 Å². The van der Waals surface area contributed by atoms with Gasteiger partial charge in [0, 0.05) is 0 Å². The van der Waals surface area contributed by atoms with E-state index in [1.807, 2.05) is 0 Å². The van der Waals surface area contributed by atoms with Gasteiger partial charge in [-0.25, -0.2) is 0 Å². The maximum absolute atomic E-state index is 10.5. The van der Waals surface area contributed by atoms with Gasteiger partial charge < -0.3 is 0 Å². The van der Waals surface area contributed by atoms with Crippen molar-refractivity contribution in [1.82, 2.24) is 0 Å². The third-order valence-electron chi connectivity index (χ3n) is 0.143. The standard InChI is InChI=1S/CF4Ge/c2-1(3)6(4)5. The second kappa shape index (κ2) is 2.33. The molecule has 0 atom stereocenters. The molecule has 0 saturated heterocycles. The third-order valence-corrected chi connectivity index (χ3v) is 0.742. The summed E-state index contributed by atoms with van der Waals surface area (Å²) < 4.78 is 41.9. The quantitative estimate of drug-likeness (QED) is 0.367. The van der Waals surface area contributed by atoms with Crippen molar-refractivity contribution in [3.8, 4) is 0 Å². The van der Waals surface area contributed by atoms with Gasteiger partial charge in [-0.15, -0.1) is 0 Å². The van der Waals surface area contributed by atoms with Gasteiger partial charge in [-0.3, -0.25) is 0 Å². The summed E-state index contributed by atoms with van der Waals surface area (Å²) in [5.41, 5.74) is 0. The Morgan fingerprint density at radius 3 is 1.33 bits per heavy atom. The third kappa shape index (κ3) is 2.37. The van der Waals surface area contributed by atoms with Crippen molar-refractivity contribution in [3.63, 3.8) is 0 Å². The normalized spacial score (nSPS) is 8.00. The fourth-order valence-corrected chi connectivity index (χ4v) is 0. The molecule has 0 spiro atoms. The first-order valence-corrected chi connectivity index (χ1v) is 3.64. The Labute approximate surface area is 36.4 Å². The van der Waals surface area contributed by atoms with Gasteiger partial charge in [0.2, 0.25) is 0 Å². The van der Waals surface area contributed by atoms with Crippen molar-refractivity contribution in [2.75, 3.05) is 0 Å². The molecule has 0 fully saturated rings. The molecule has 0 amide bonds. The zero-order chi connectivity index (χ0) is 5.15. The Hall–Kier alpha value is 0.133. The molecule has 0 unspecified atom stereocenters. The van der Waals surface area contributed by atoms with E-state index < -0.39 is 19.7 Å². The molecule has 0 nitrogen and oxygen atoms in total. The minimum atomic E-state index is -4.88. The molecule has 5 heteroatoms. The summed E-state index contributed by atoms with van der Waals surface area (Å²) >= 11 is -4.88. The van der Waals surface area contributed by atoms with Gasteiger partial charge in [-0.05, 0) is 0 Å². The summed E-state index contributed by atoms with van der Waals surface area (Å²) in [6, 6.07) is 0. The maximum atomic E-state index is 10.5. The molecule has 0 aromatic carbocycles. The van der Waals surface area contributed by atoms with Crippen LogP contribution in [0.2, 0.25) is 0 Å². The first kappa shape index (κ1) is 6.13. The number of rotatable bonds is 0. The molecule has 0 heterocycles. The second-order valence-corrected chi connectivity index (χ2v) is 2.41. The van der Waals surface area contributed by atoms with Crippen LogP contribution in [0.1, 0.15) is 0 Å². The van der Waals surface area contributed by atoms with Crippen molar-refractivity contribution >= 4 is 19.7 Å². The van der Waals surface area contributed by atoms with E-state index in [0.29, 0.717) is 0 Å². The van der Waals surface area contributed by atoms with E-state index >= 15 is 0 Å². The van der Waals surface area contributed by atoms with Gasteiger partial charge >= 0.3 is 35.5 Å². The summed E-state index contributed by atoms with van der Waals surface area (Å²) in [6.07, 6.45) is 0. The fraction of sp³-hybridized carbons (Fsp3) is 0. The number of hydrogen-bond acceptors (Lipinski definition) is 0. The molecule has 0 radical (unpaired) electrons. The van der Waals surface area contributed by atoms with Crippen LogP contribution in [0, 0.1) is 0 Å². The zero-order valence-electron chi connectivity index (χ0n) is 2.51. The molecule has 0 aliphatic rings. The topological polar surface area (TPSA) is 0 Å². The Bertz CT molecular complexity index is 57.6. The summed E-state index contributed by atoms with van der Waals surface area (Å²) in [4.78, 5) is -2.66. The van der Waals surface area contributed by atoms with Crippen molar-refractivity contribution in [2.24, 2.45) is 0 Å². The van der Waals surface area contributed by atoms with Crippen LogP contribution < -0.4 is 0 Å². The average molecular weight is 161 g/mol. The summed E-state index contributed by atoms with van der Waals surface area (Å²) in [6.45, 7) is 0. The van der Waals surface area contributed by atoms with Crippen molar-refractivity contribution in [3.05, 3.63) is 0 Å². The van der Waals surface area contributed by atoms with Crippen LogP contribution in [0.4, 0.5) is 15.8 Å². The molecule has 0 aliphatic carbocycles. The molecule has 0 aromatic rings. The van der Waals surface area contributed by atoms with E-state index in [1.165, 1.54) is 0 Å². The summed E-state index contributed by atoms with van der Waals surface area (Å²) in [7, 11) is 0. The molecule has 6 heavy (non-hydrogen) atoms. The number of hydrogen-bond donors (Lipinski definition) is 0. The summed E-state index contributed by atoms with van der Waals surface area (Å²) in [5.74, 6) is 0. The molecular formula is CF4Ge. The van der Waals surface area contributed by atoms with E-state index in [2.05, 4.69) is 0 Å². The molecule has 36 valence electrons. The molecule has 0 aliphatic heterocycles. The van der Waals surface area contributed by atoms with Gasteiger partial charge in [-0.1, -0.05) is 0 Å². The fourth-order valence-electron chi connectivity index (χ4n) is 0.